The molecule has 2 heterocycles. The van der Waals surface area contributed by atoms with Crippen molar-refractivity contribution in [3.63, 3.8) is 0 Å². The number of thiophene rings is 1. The van der Waals surface area contributed by atoms with Gasteiger partial charge < -0.3 is 9.80 Å². The zero-order chi connectivity index (χ0) is 17.4. The summed E-state index contributed by atoms with van der Waals surface area (Å²) < 4.78 is 0. The van der Waals surface area contributed by atoms with Gasteiger partial charge in [0.1, 0.15) is 5.00 Å². The number of aryl methyl sites for hydroxylation is 1. The molecule has 1 unspecified atom stereocenters. The molecule has 6 heteroatoms. The Bertz CT molecular complexity index is 813. The molecular weight excluding hydrogens is 324 g/mol. The minimum Gasteiger partial charge on any atom is -0.314 e. The van der Waals surface area contributed by atoms with Crippen molar-refractivity contribution in [2.45, 2.75) is 13.3 Å². The quantitative estimate of drug-likeness (QED) is 0.806. The van der Waals surface area contributed by atoms with E-state index in [0.717, 1.165) is 5.56 Å². The predicted molar refractivity (Wildman–Crippen MR) is 94.8 cm³/mol. The molecule has 124 valence electrons. The Labute approximate surface area is 144 Å². The van der Waals surface area contributed by atoms with E-state index < -0.39 is 17.7 Å². The zero-order valence-electron chi connectivity index (χ0n) is 13.8. The third kappa shape index (κ3) is 2.43. The lowest BCUT2D eigenvalue weighted by Crippen LogP contribution is -2.50. The molecule has 2 aromatic rings. The molecule has 0 saturated carbocycles. The Morgan fingerprint density at radius 3 is 2.54 bits per heavy atom. The number of benzene rings is 1. The Hall–Kier alpha value is -2.47. The minimum atomic E-state index is -1.31. The van der Waals surface area contributed by atoms with Crippen LogP contribution in [0, 0.1) is 5.92 Å². The third-order valence-corrected chi connectivity index (χ3v) is 5.44. The molecule has 24 heavy (non-hydrogen) atoms. The lowest BCUT2D eigenvalue weighted by atomic mass is 9.89. The van der Waals surface area contributed by atoms with Crippen molar-refractivity contribution in [1.82, 2.24) is 0 Å². The van der Waals surface area contributed by atoms with Crippen LogP contribution in [0.1, 0.15) is 22.8 Å². The Kier molecular flexibility index (Phi) is 4.24. The second-order valence-electron chi connectivity index (χ2n) is 5.72. The van der Waals surface area contributed by atoms with E-state index in [9.17, 15) is 14.4 Å². The molecular formula is C18H18N2O3S. The van der Waals surface area contributed by atoms with E-state index in [1.165, 1.54) is 21.1 Å². The highest BCUT2D eigenvalue weighted by molar-refractivity contribution is 7.15. The molecule has 0 aliphatic carbocycles. The number of fused-ring (bicyclic) bond motifs is 1. The summed E-state index contributed by atoms with van der Waals surface area (Å²) in [7, 11) is 3.20. The van der Waals surface area contributed by atoms with Crippen LogP contribution < -0.4 is 9.80 Å². The highest BCUT2D eigenvalue weighted by atomic mass is 32.1. The first-order valence-electron chi connectivity index (χ1n) is 7.72. The molecule has 0 spiro atoms. The van der Waals surface area contributed by atoms with E-state index in [4.69, 9.17) is 0 Å². The molecule has 1 aromatic carbocycles. The van der Waals surface area contributed by atoms with Gasteiger partial charge in [0.2, 0.25) is 11.8 Å². The van der Waals surface area contributed by atoms with Crippen molar-refractivity contribution < 1.29 is 14.4 Å². The fourth-order valence-corrected chi connectivity index (χ4v) is 4.03. The molecule has 1 aliphatic rings. The van der Waals surface area contributed by atoms with Crippen molar-refractivity contribution >= 4 is 39.6 Å². The van der Waals surface area contributed by atoms with Crippen molar-refractivity contribution in [2.24, 2.45) is 5.92 Å². The molecule has 1 atom stereocenters. The van der Waals surface area contributed by atoms with Crippen molar-refractivity contribution in [3.8, 4) is 0 Å². The van der Waals surface area contributed by atoms with E-state index in [1.54, 1.807) is 26.2 Å². The Balaban J connectivity index is 2.00. The number of rotatable bonds is 3. The number of hydrogen-bond acceptors (Lipinski definition) is 4. The number of nitrogens with zero attached hydrogens (tertiary/aromatic N) is 2. The van der Waals surface area contributed by atoms with E-state index in [2.05, 4.69) is 0 Å². The monoisotopic (exact) mass is 342 g/mol. The maximum atomic E-state index is 12.9. The summed E-state index contributed by atoms with van der Waals surface area (Å²) in [6, 6.07) is 9.00. The van der Waals surface area contributed by atoms with Crippen LogP contribution in [0.25, 0.3) is 0 Å². The molecule has 0 fully saturated rings. The topological polar surface area (TPSA) is 57.7 Å². The molecule has 2 amide bonds. The Morgan fingerprint density at radius 1 is 1.25 bits per heavy atom. The first-order chi connectivity index (χ1) is 11.5. The average Bonchev–Trinajstić information content (AvgIpc) is 3.04. The molecule has 0 bridgehead atoms. The number of ketones is 1. The highest BCUT2D eigenvalue weighted by Gasteiger charge is 2.45. The highest BCUT2D eigenvalue weighted by Crippen LogP contribution is 2.38. The number of carbonyl (C=O) groups excluding carboxylic acids is 3. The average molecular weight is 342 g/mol. The van der Waals surface area contributed by atoms with Gasteiger partial charge in [-0.2, -0.15) is 0 Å². The van der Waals surface area contributed by atoms with Crippen LogP contribution in [0.15, 0.2) is 35.7 Å². The van der Waals surface area contributed by atoms with E-state index in [1.807, 2.05) is 30.5 Å². The molecule has 0 radical (unpaired) electrons. The number of carbonyl (C=O) groups is 3. The summed E-state index contributed by atoms with van der Waals surface area (Å²) in [6.07, 6.45) is 0.690. The second kappa shape index (κ2) is 6.20. The molecule has 0 saturated heterocycles. The van der Waals surface area contributed by atoms with Crippen LogP contribution in [0.4, 0.5) is 10.7 Å². The third-order valence-electron chi connectivity index (χ3n) is 4.34. The molecule has 1 aromatic heterocycles. The van der Waals surface area contributed by atoms with Gasteiger partial charge in [-0.15, -0.1) is 11.3 Å². The number of para-hydroxylation sites is 1. The van der Waals surface area contributed by atoms with Crippen molar-refractivity contribution in [2.75, 3.05) is 23.9 Å². The second-order valence-corrected chi connectivity index (χ2v) is 6.58. The fraction of sp³-hybridized carbons (Fsp3) is 0.278. The molecule has 3 rings (SSSR count). The number of amides is 2. The smallest absolute Gasteiger partial charge is 0.247 e. The summed E-state index contributed by atoms with van der Waals surface area (Å²) in [5, 5.41) is 2.52. The summed E-state index contributed by atoms with van der Waals surface area (Å²) in [6.45, 7) is 1.96. The van der Waals surface area contributed by atoms with E-state index in [-0.39, 0.29) is 5.78 Å². The van der Waals surface area contributed by atoms with Crippen LogP contribution in [0.2, 0.25) is 0 Å². The zero-order valence-corrected chi connectivity index (χ0v) is 14.6. The number of hydrogen-bond donors (Lipinski definition) is 0. The summed E-state index contributed by atoms with van der Waals surface area (Å²) in [5.41, 5.74) is 2.06. The van der Waals surface area contributed by atoms with E-state index in [0.29, 0.717) is 22.7 Å². The van der Waals surface area contributed by atoms with Crippen molar-refractivity contribution in [3.05, 3.63) is 46.8 Å². The number of Topliss-reactive ketones (excluding diaryl/α,β-unsaturated/α-hetero) is 1. The first kappa shape index (κ1) is 16.4. The molecule has 0 N–H and O–H groups in total. The maximum absolute atomic E-state index is 12.9. The number of anilines is 2. The van der Waals surface area contributed by atoms with Crippen LogP contribution in [-0.2, 0) is 16.0 Å². The van der Waals surface area contributed by atoms with Crippen LogP contribution in [0.3, 0.4) is 0 Å². The van der Waals surface area contributed by atoms with Crippen LogP contribution >= 0.6 is 11.3 Å². The van der Waals surface area contributed by atoms with Gasteiger partial charge in [-0.25, -0.2) is 0 Å². The minimum absolute atomic E-state index is 0.390. The standard InChI is InChI=1S/C18H18N2O3S/c1-4-11-10-24-18-13(11)15(21)14(17(23)20(18)3)16(22)19(2)12-8-6-5-7-9-12/h5-10,14H,4H2,1-3H3. The largest absolute Gasteiger partial charge is 0.314 e. The van der Waals surface area contributed by atoms with Crippen LogP contribution in [-0.4, -0.2) is 31.7 Å². The SMILES string of the molecule is CCc1csc2c1C(=O)C(C(=O)N(C)c1ccccc1)C(=O)N2C. The van der Waals surface area contributed by atoms with Gasteiger partial charge in [-0.3, -0.25) is 14.4 Å². The maximum Gasteiger partial charge on any atom is 0.247 e. The lowest BCUT2D eigenvalue weighted by molar-refractivity contribution is -0.130. The van der Waals surface area contributed by atoms with Gasteiger partial charge in [0.15, 0.2) is 11.7 Å². The van der Waals surface area contributed by atoms with Gasteiger partial charge >= 0.3 is 0 Å². The van der Waals surface area contributed by atoms with Gasteiger partial charge in [-0.1, -0.05) is 25.1 Å². The summed E-state index contributed by atoms with van der Waals surface area (Å²) in [4.78, 5) is 41.2. The molecule has 5 nitrogen and oxygen atoms in total. The summed E-state index contributed by atoms with van der Waals surface area (Å²) >= 11 is 1.37. The lowest BCUT2D eigenvalue weighted by Gasteiger charge is -2.30. The fourth-order valence-electron chi connectivity index (χ4n) is 2.89. The molecule has 1 aliphatic heterocycles. The van der Waals surface area contributed by atoms with Crippen molar-refractivity contribution in [1.29, 1.82) is 0 Å². The van der Waals surface area contributed by atoms with E-state index >= 15 is 0 Å². The van der Waals surface area contributed by atoms with Gasteiger partial charge in [0.05, 0.1) is 5.56 Å². The predicted octanol–water partition coefficient (Wildman–Crippen LogP) is 2.75. The normalized spacial score (nSPS) is 17.0. The first-order valence-corrected chi connectivity index (χ1v) is 8.60. The van der Waals surface area contributed by atoms with Gasteiger partial charge in [0, 0.05) is 19.8 Å². The van der Waals surface area contributed by atoms with Crippen LogP contribution in [0.5, 0.6) is 0 Å². The summed E-state index contributed by atoms with van der Waals surface area (Å²) in [5.74, 6) is -2.67. The Morgan fingerprint density at radius 2 is 1.92 bits per heavy atom. The van der Waals surface area contributed by atoms with Gasteiger partial charge in [-0.05, 0) is 29.5 Å². The van der Waals surface area contributed by atoms with Gasteiger partial charge in [0.25, 0.3) is 0 Å².